The monoisotopic (exact) mass is 193 g/mol. The van der Waals surface area contributed by atoms with Gasteiger partial charge >= 0.3 is 0 Å². The molecule has 0 aliphatic heterocycles. The van der Waals surface area contributed by atoms with E-state index in [-0.39, 0.29) is 0 Å². The Labute approximate surface area is 83.0 Å². The van der Waals surface area contributed by atoms with Crippen molar-refractivity contribution in [2.45, 2.75) is 31.2 Å². The highest BCUT2D eigenvalue weighted by atomic mass is 32.1. The summed E-state index contributed by atoms with van der Waals surface area (Å²) in [6.07, 6.45) is 4.19. The van der Waals surface area contributed by atoms with E-state index in [0.29, 0.717) is 12.0 Å². The fraction of sp³-hybridized carbons (Fsp3) is 0.636. The van der Waals surface area contributed by atoms with Gasteiger partial charge in [0.2, 0.25) is 0 Å². The molecule has 2 N–H and O–H groups in total. The maximum Gasteiger partial charge on any atom is 0.0147 e. The number of rotatable bonds is 1. The second-order valence-electron chi connectivity index (χ2n) is 4.45. The highest BCUT2D eigenvalue weighted by Gasteiger charge is 2.46. The minimum atomic E-state index is 0.456. The zero-order valence-electron chi connectivity index (χ0n) is 7.65. The summed E-state index contributed by atoms with van der Waals surface area (Å²) in [4.78, 5) is 1.53. The highest BCUT2D eigenvalue weighted by molar-refractivity contribution is 7.10. The lowest BCUT2D eigenvalue weighted by molar-refractivity contribution is 0.370. The molecule has 0 radical (unpaired) electrons. The van der Waals surface area contributed by atoms with Crippen molar-refractivity contribution < 1.29 is 0 Å². The molecule has 70 valence electrons. The van der Waals surface area contributed by atoms with Crippen molar-refractivity contribution in [3.63, 3.8) is 0 Å². The second kappa shape index (κ2) is 2.82. The molecule has 2 saturated carbocycles. The van der Waals surface area contributed by atoms with Crippen molar-refractivity contribution in [1.82, 2.24) is 0 Å². The van der Waals surface area contributed by atoms with Crippen LogP contribution in [0.15, 0.2) is 17.5 Å². The van der Waals surface area contributed by atoms with Gasteiger partial charge in [-0.05, 0) is 42.5 Å². The van der Waals surface area contributed by atoms with Crippen molar-refractivity contribution in [3.05, 3.63) is 22.4 Å². The topological polar surface area (TPSA) is 26.0 Å². The van der Waals surface area contributed by atoms with Crippen LogP contribution in [-0.2, 0) is 0 Å². The second-order valence-corrected chi connectivity index (χ2v) is 5.43. The van der Waals surface area contributed by atoms with Gasteiger partial charge in [-0.15, -0.1) is 11.3 Å². The largest absolute Gasteiger partial charge is 0.327 e. The molecule has 0 spiro atoms. The maximum absolute atomic E-state index is 6.26. The van der Waals surface area contributed by atoms with Gasteiger partial charge in [0.15, 0.2) is 0 Å². The van der Waals surface area contributed by atoms with Crippen molar-refractivity contribution in [2.24, 2.45) is 17.6 Å². The Hall–Kier alpha value is -0.340. The Bertz CT molecular complexity index is 291. The van der Waals surface area contributed by atoms with Gasteiger partial charge in [0.1, 0.15) is 0 Å². The molecule has 2 heteroatoms. The van der Waals surface area contributed by atoms with E-state index in [2.05, 4.69) is 17.5 Å². The molecule has 1 heterocycles. The third-order valence-electron chi connectivity index (χ3n) is 3.85. The first-order valence-corrected chi connectivity index (χ1v) is 6.03. The zero-order valence-corrected chi connectivity index (χ0v) is 8.46. The lowest BCUT2D eigenvalue weighted by Crippen LogP contribution is -2.33. The predicted molar refractivity (Wildman–Crippen MR) is 55.9 cm³/mol. The van der Waals surface area contributed by atoms with Crippen LogP contribution >= 0.6 is 11.3 Å². The summed E-state index contributed by atoms with van der Waals surface area (Å²) in [7, 11) is 0. The van der Waals surface area contributed by atoms with Crippen LogP contribution in [0.2, 0.25) is 0 Å². The van der Waals surface area contributed by atoms with Crippen LogP contribution < -0.4 is 5.73 Å². The number of hydrogen-bond donors (Lipinski definition) is 1. The molecular weight excluding hydrogens is 178 g/mol. The summed E-state index contributed by atoms with van der Waals surface area (Å²) in [6, 6.07) is 4.87. The number of thiophene rings is 1. The first-order valence-electron chi connectivity index (χ1n) is 5.15. The normalized spacial score (nSPS) is 42.8. The molecule has 0 amide bonds. The zero-order chi connectivity index (χ0) is 8.84. The Morgan fingerprint density at radius 1 is 1.31 bits per heavy atom. The summed E-state index contributed by atoms with van der Waals surface area (Å²) in [5.74, 6) is 2.43. The third-order valence-corrected chi connectivity index (χ3v) is 4.83. The molecule has 2 aliphatic carbocycles. The van der Waals surface area contributed by atoms with E-state index >= 15 is 0 Å². The SMILES string of the molecule is N[C@H]1[C@@H]2CC[C@@H](C2)[C@@H]1c1cccs1. The standard InChI is InChI=1S/C11H15NS/c12-11-8-4-3-7(6-8)10(11)9-2-1-5-13-9/h1-2,5,7-8,10-11H,3-4,6,12H2/t7-,8+,10+,11-/m0/s1. The van der Waals surface area contributed by atoms with Gasteiger partial charge in [-0.25, -0.2) is 0 Å². The molecule has 2 aliphatic rings. The van der Waals surface area contributed by atoms with E-state index in [1.165, 1.54) is 24.1 Å². The van der Waals surface area contributed by atoms with E-state index in [4.69, 9.17) is 5.73 Å². The van der Waals surface area contributed by atoms with Gasteiger partial charge < -0.3 is 5.73 Å². The number of nitrogens with two attached hydrogens (primary N) is 1. The van der Waals surface area contributed by atoms with E-state index < -0.39 is 0 Å². The van der Waals surface area contributed by atoms with E-state index in [9.17, 15) is 0 Å². The first-order chi connectivity index (χ1) is 6.36. The highest BCUT2D eigenvalue weighted by Crippen LogP contribution is 2.52. The lowest BCUT2D eigenvalue weighted by atomic mass is 9.84. The van der Waals surface area contributed by atoms with Crippen molar-refractivity contribution in [1.29, 1.82) is 0 Å². The Balaban J connectivity index is 1.93. The van der Waals surface area contributed by atoms with Crippen LogP contribution in [0.1, 0.15) is 30.1 Å². The molecule has 1 nitrogen and oxygen atoms in total. The van der Waals surface area contributed by atoms with Gasteiger partial charge in [0.05, 0.1) is 0 Å². The smallest absolute Gasteiger partial charge is 0.0147 e. The fourth-order valence-electron chi connectivity index (χ4n) is 3.24. The molecule has 1 aromatic rings. The predicted octanol–water partition coefficient (Wildman–Crippen LogP) is 2.59. The van der Waals surface area contributed by atoms with Gasteiger partial charge in [-0.2, -0.15) is 0 Å². The molecule has 2 fully saturated rings. The van der Waals surface area contributed by atoms with Crippen LogP contribution in [-0.4, -0.2) is 6.04 Å². The van der Waals surface area contributed by atoms with Gasteiger partial charge in [-0.3, -0.25) is 0 Å². The van der Waals surface area contributed by atoms with Crippen LogP contribution in [0.5, 0.6) is 0 Å². The summed E-state index contributed by atoms with van der Waals surface area (Å²) in [5.41, 5.74) is 6.26. The number of fused-ring (bicyclic) bond motifs is 2. The molecule has 1 aromatic heterocycles. The molecule has 2 bridgehead atoms. The van der Waals surface area contributed by atoms with E-state index in [1.54, 1.807) is 0 Å². The van der Waals surface area contributed by atoms with Crippen molar-refractivity contribution in [3.8, 4) is 0 Å². The molecule has 0 unspecified atom stereocenters. The first kappa shape index (κ1) is 8.01. The summed E-state index contributed by atoms with van der Waals surface area (Å²) < 4.78 is 0. The molecule has 13 heavy (non-hydrogen) atoms. The average Bonchev–Trinajstić information content (AvgIpc) is 2.76. The number of hydrogen-bond acceptors (Lipinski definition) is 2. The molecule has 3 rings (SSSR count). The minimum Gasteiger partial charge on any atom is -0.327 e. The summed E-state index contributed by atoms with van der Waals surface area (Å²) in [5, 5.41) is 2.17. The van der Waals surface area contributed by atoms with Crippen molar-refractivity contribution in [2.75, 3.05) is 0 Å². The average molecular weight is 193 g/mol. The summed E-state index contributed by atoms with van der Waals surface area (Å²) >= 11 is 1.88. The summed E-state index contributed by atoms with van der Waals surface area (Å²) in [6.45, 7) is 0. The Morgan fingerprint density at radius 2 is 2.15 bits per heavy atom. The van der Waals surface area contributed by atoms with E-state index in [0.717, 1.165) is 11.8 Å². The Kier molecular flexibility index (Phi) is 1.74. The lowest BCUT2D eigenvalue weighted by Gasteiger charge is -2.27. The van der Waals surface area contributed by atoms with Gasteiger partial charge in [-0.1, -0.05) is 6.07 Å². The van der Waals surface area contributed by atoms with Gasteiger partial charge in [0, 0.05) is 16.8 Å². The molecule has 4 atom stereocenters. The minimum absolute atomic E-state index is 0.456. The third kappa shape index (κ3) is 1.09. The molecule has 0 aromatic carbocycles. The maximum atomic E-state index is 6.26. The Morgan fingerprint density at radius 3 is 2.77 bits per heavy atom. The van der Waals surface area contributed by atoms with E-state index in [1.807, 2.05) is 11.3 Å². The van der Waals surface area contributed by atoms with Crippen LogP contribution in [0, 0.1) is 11.8 Å². The molecule has 0 saturated heterocycles. The molecular formula is C11H15NS. The van der Waals surface area contributed by atoms with Crippen molar-refractivity contribution >= 4 is 11.3 Å². The quantitative estimate of drug-likeness (QED) is 0.729. The fourth-order valence-corrected chi connectivity index (χ4v) is 4.22. The van der Waals surface area contributed by atoms with Gasteiger partial charge in [0.25, 0.3) is 0 Å². The van der Waals surface area contributed by atoms with Crippen LogP contribution in [0.3, 0.4) is 0 Å². The van der Waals surface area contributed by atoms with Crippen LogP contribution in [0.4, 0.5) is 0 Å². The van der Waals surface area contributed by atoms with Crippen LogP contribution in [0.25, 0.3) is 0 Å².